The van der Waals surface area contributed by atoms with Gasteiger partial charge in [-0.15, -0.1) is 0 Å². The molecule has 6 nitrogen and oxygen atoms in total. The predicted octanol–water partition coefficient (Wildman–Crippen LogP) is 1.31. The highest BCUT2D eigenvalue weighted by Gasteiger charge is 2.58. The van der Waals surface area contributed by atoms with Gasteiger partial charge in [-0.05, 0) is 31.4 Å². The molecule has 4 aliphatic rings. The van der Waals surface area contributed by atoms with E-state index in [1.807, 2.05) is 0 Å². The Morgan fingerprint density at radius 3 is 2.65 bits per heavy atom. The standard InChI is InChI=1S/C16H19NO5S/c1-10(18)21-16-14-9-12-7-11(8-15(16)22-12)17(14)23(19,20)13-5-3-2-4-6-13/h2-6,11-12,14-16H,7-9H2,1H3. The smallest absolute Gasteiger partial charge is 0.303 e. The normalized spacial score (nSPS) is 36.1. The summed E-state index contributed by atoms with van der Waals surface area (Å²) in [5, 5.41) is 0. The lowest BCUT2D eigenvalue weighted by Crippen LogP contribution is -2.70. The fourth-order valence-corrected chi connectivity index (χ4v) is 6.07. The van der Waals surface area contributed by atoms with E-state index < -0.39 is 22.1 Å². The molecule has 4 aliphatic heterocycles. The number of carbonyl (C=O) groups excluding carboxylic acids is 1. The molecule has 4 fully saturated rings. The summed E-state index contributed by atoms with van der Waals surface area (Å²) < 4.78 is 39.1. The van der Waals surface area contributed by atoms with Crippen LogP contribution in [0.1, 0.15) is 26.2 Å². The number of carbonyl (C=O) groups is 1. The van der Waals surface area contributed by atoms with Crippen LogP contribution in [0.15, 0.2) is 35.2 Å². The molecule has 1 aromatic carbocycles. The Morgan fingerprint density at radius 1 is 1.22 bits per heavy atom. The van der Waals surface area contributed by atoms with Crippen molar-refractivity contribution in [3.8, 4) is 0 Å². The molecule has 4 saturated heterocycles. The summed E-state index contributed by atoms with van der Waals surface area (Å²) in [6.45, 7) is 1.35. The lowest BCUT2D eigenvalue weighted by molar-refractivity contribution is -0.227. The van der Waals surface area contributed by atoms with Crippen LogP contribution in [-0.2, 0) is 24.3 Å². The van der Waals surface area contributed by atoms with Crippen LogP contribution in [0.5, 0.6) is 0 Å². The second-order valence-electron chi connectivity index (χ2n) is 6.45. The molecule has 0 amide bonds. The van der Waals surface area contributed by atoms with E-state index in [2.05, 4.69) is 0 Å². The molecule has 0 aliphatic carbocycles. The summed E-state index contributed by atoms with van der Waals surface area (Å²) in [7, 11) is -3.61. The molecule has 0 spiro atoms. The Labute approximate surface area is 135 Å². The monoisotopic (exact) mass is 337 g/mol. The topological polar surface area (TPSA) is 72.9 Å². The first kappa shape index (κ1) is 15.1. The maximum absolute atomic E-state index is 13.1. The molecule has 4 bridgehead atoms. The van der Waals surface area contributed by atoms with Crippen molar-refractivity contribution in [2.45, 2.75) is 61.5 Å². The van der Waals surface area contributed by atoms with E-state index in [1.54, 1.807) is 34.6 Å². The quantitative estimate of drug-likeness (QED) is 0.778. The number of sulfonamides is 1. The maximum Gasteiger partial charge on any atom is 0.303 e. The van der Waals surface area contributed by atoms with E-state index >= 15 is 0 Å². The van der Waals surface area contributed by atoms with E-state index in [-0.39, 0.29) is 29.2 Å². The van der Waals surface area contributed by atoms with E-state index in [0.717, 1.165) is 0 Å². The first-order valence-electron chi connectivity index (χ1n) is 7.88. The van der Waals surface area contributed by atoms with Crippen molar-refractivity contribution in [3.05, 3.63) is 30.3 Å². The summed E-state index contributed by atoms with van der Waals surface area (Å²) in [6.07, 6.45) is 1.24. The van der Waals surface area contributed by atoms with Crippen LogP contribution in [0, 0.1) is 0 Å². The molecule has 0 aromatic heterocycles. The average Bonchev–Trinajstić information content (AvgIpc) is 2.51. The fraction of sp³-hybridized carbons (Fsp3) is 0.562. The maximum atomic E-state index is 13.1. The van der Waals surface area contributed by atoms with Gasteiger partial charge >= 0.3 is 5.97 Å². The van der Waals surface area contributed by atoms with Crippen molar-refractivity contribution in [2.75, 3.05) is 0 Å². The number of hydrogen-bond acceptors (Lipinski definition) is 5. The van der Waals surface area contributed by atoms with E-state index in [0.29, 0.717) is 19.3 Å². The van der Waals surface area contributed by atoms with Gasteiger partial charge in [0.1, 0.15) is 6.10 Å². The summed E-state index contributed by atoms with van der Waals surface area (Å²) in [4.78, 5) is 11.7. The van der Waals surface area contributed by atoms with Gasteiger partial charge in [0.2, 0.25) is 10.0 Å². The van der Waals surface area contributed by atoms with Crippen molar-refractivity contribution >= 4 is 16.0 Å². The molecule has 0 saturated carbocycles. The lowest BCUT2D eigenvalue weighted by Gasteiger charge is -2.57. The minimum atomic E-state index is -3.61. The van der Waals surface area contributed by atoms with Crippen LogP contribution in [0.3, 0.4) is 0 Å². The summed E-state index contributed by atoms with van der Waals surface area (Å²) in [5.41, 5.74) is 0. The Morgan fingerprint density at radius 2 is 1.96 bits per heavy atom. The van der Waals surface area contributed by atoms with Gasteiger partial charge in [-0.2, -0.15) is 4.31 Å². The minimum Gasteiger partial charge on any atom is -0.458 e. The largest absolute Gasteiger partial charge is 0.458 e. The lowest BCUT2D eigenvalue weighted by atomic mass is 9.78. The first-order valence-corrected chi connectivity index (χ1v) is 9.32. The zero-order chi connectivity index (χ0) is 16.2. The highest BCUT2D eigenvalue weighted by Crippen LogP contribution is 2.46. The summed E-state index contributed by atoms with van der Waals surface area (Å²) in [5.74, 6) is -0.400. The predicted molar refractivity (Wildman–Crippen MR) is 81.1 cm³/mol. The van der Waals surface area contributed by atoms with Crippen molar-refractivity contribution in [1.29, 1.82) is 0 Å². The molecule has 1 aromatic rings. The number of piperidine rings is 2. The van der Waals surface area contributed by atoms with E-state index in [4.69, 9.17) is 9.47 Å². The van der Waals surface area contributed by atoms with Crippen molar-refractivity contribution < 1.29 is 22.7 Å². The average molecular weight is 337 g/mol. The first-order chi connectivity index (χ1) is 11.0. The zero-order valence-corrected chi connectivity index (χ0v) is 13.6. The fourth-order valence-electron chi connectivity index (χ4n) is 4.20. The van der Waals surface area contributed by atoms with Gasteiger partial charge in [0, 0.05) is 13.0 Å². The molecule has 23 heavy (non-hydrogen) atoms. The SMILES string of the molecule is CC(=O)OC1C2CC3CC(CC1N3S(=O)(=O)c1ccccc1)O2. The number of ether oxygens (including phenoxy) is 2. The summed E-state index contributed by atoms with van der Waals surface area (Å²) >= 11 is 0. The third-order valence-corrected chi connectivity index (χ3v) is 6.96. The third-order valence-electron chi connectivity index (χ3n) is 4.96. The second-order valence-corrected chi connectivity index (χ2v) is 8.29. The number of nitrogens with zero attached hydrogens (tertiary/aromatic N) is 1. The van der Waals surface area contributed by atoms with Crippen LogP contribution in [0.4, 0.5) is 0 Å². The number of rotatable bonds is 3. The van der Waals surface area contributed by atoms with Gasteiger partial charge in [-0.1, -0.05) is 18.2 Å². The van der Waals surface area contributed by atoms with Gasteiger partial charge in [0.05, 0.1) is 23.1 Å². The number of benzene rings is 1. The summed E-state index contributed by atoms with van der Waals surface area (Å²) in [6, 6.07) is 8.04. The highest BCUT2D eigenvalue weighted by molar-refractivity contribution is 7.89. The van der Waals surface area contributed by atoms with Gasteiger partial charge in [-0.3, -0.25) is 4.79 Å². The van der Waals surface area contributed by atoms with Crippen molar-refractivity contribution in [1.82, 2.24) is 4.31 Å². The van der Waals surface area contributed by atoms with Crippen LogP contribution < -0.4 is 0 Å². The van der Waals surface area contributed by atoms with Gasteiger partial charge in [0.15, 0.2) is 0 Å². The molecule has 5 unspecified atom stereocenters. The number of hydrogen-bond donors (Lipinski definition) is 0. The van der Waals surface area contributed by atoms with E-state index in [1.165, 1.54) is 6.92 Å². The van der Waals surface area contributed by atoms with Crippen molar-refractivity contribution in [3.63, 3.8) is 0 Å². The molecule has 4 heterocycles. The second kappa shape index (κ2) is 5.29. The Balaban J connectivity index is 1.72. The van der Waals surface area contributed by atoms with Crippen LogP contribution in [0.2, 0.25) is 0 Å². The number of esters is 1. The third kappa shape index (κ3) is 2.38. The molecule has 5 atom stereocenters. The molecular weight excluding hydrogens is 318 g/mol. The molecular formula is C16H19NO5S. The van der Waals surface area contributed by atoms with Crippen molar-refractivity contribution in [2.24, 2.45) is 0 Å². The van der Waals surface area contributed by atoms with E-state index in [9.17, 15) is 13.2 Å². The van der Waals surface area contributed by atoms with Gasteiger partial charge < -0.3 is 9.47 Å². The highest BCUT2D eigenvalue weighted by atomic mass is 32.2. The molecule has 0 N–H and O–H groups in total. The van der Waals surface area contributed by atoms with Gasteiger partial charge in [-0.25, -0.2) is 8.42 Å². The van der Waals surface area contributed by atoms with Crippen LogP contribution in [0.25, 0.3) is 0 Å². The Bertz CT molecular complexity index is 719. The Hall–Kier alpha value is -1.44. The molecule has 124 valence electrons. The zero-order valence-electron chi connectivity index (χ0n) is 12.8. The molecule has 5 rings (SSSR count). The minimum absolute atomic E-state index is 0.0674. The molecule has 0 radical (unpaired) electrons. The Kier molecular flexibility index (Phi) is 3.48. The van der Waals surface area contributed by atoms with Crippen LogP contribution in [-0.4, -0.2) is 49.1 Å². The van der Waals surface area contributed by atoms with Gasteiger partial charge in [0.25, 0.3) is 0 Å². The van der Waals surface area contributed by atoms with Crippen LogP contribution >= 0.6 is 0 Å². The molecule has 7 heteroatoms.